The smallest absolute Gasteiger partial charge is 0.417 e. The van der Waals surface area contributed by atoms with E-state index in [0.717, 1.165) is 12.8 Å². The Hall–Kier alpha value is -1.85. The van der Waals surface area contributed by atoms with Gasteiger partial charge < -0.3 is 9.64 Å². The number of likely N-dealkylation sites (tertiary alicyclic amines) is 1. The van der Waals surface area contributed by atoms with Crippen LogP contribution >= 0.6 is 0 Å². The van der Waals surface area contributed by atoms with Crippen molar-refractivity contribution in [3.8, 4) is 0 Å². The number of amides is 3. The molecule has 6 nitrogen and oxygen atoms in total. The Bertz CT molecular complexity index is 528. The van der Waals surface area contributed by atoms with Gasteiger partial charge in [0, 0.05) is 19.0 Å². The molecule has 0 N–H and O–H groups in total. The number of carbonyl (C=O) groups is 3. The Morgan fingerprint density at radius 3 is 2.71 bits per heavy atom. The molecule has 0 aromatic rings. The molecule has 2 saturated heterocycles. The summed E-state index contributed by atoms with van der Waals surface area (Å²) >= 11 is 0. The SMILES string of the molecule is O=C([C@H]1C[C@H]2C=C[C@H]1C2)N1CC[C@@H](N2C(=O)COC2=O)C1. The monoisotopic (exact) mass is 290 g/mol. The average molecular weight is 290 g/mol. The molecule has 2 bridgehead atoms. The maximum absolute atomic E-state index is 12.6. The zero-order valence-electron chi connectivity index (χ0n) is 11.7. The van der Waals surface area contributed by atoms with Crippen molar-refractivity contribution in [3.63, 3.8) is 0 Å². The van der Waals surface area contributed by atoms with E-state index >= 15 is 0 Å². The highest BCUT2D eigenvalue weighted by Crippen LogP contribution is 2.44. The molecule has 0 unspecified atom stereocenters. The van der Waals surface area contributed by atoms with E-state index in [1.54, 1.807) is 0 Å². The molecule has 4 atom stereocenters. The molecule has 4 rings (SSSR count). The summed E-state index contributed by atoms with van der Waals surface area (Å²) in [4.78, 5) is 38.9. The highest BCUT2D eigenvalue weighted by atomic mass is 16.6. The van der Waals surface area contributed by atoms with Crippen molar-refractivity contribution in [2.24, 2.45) is 17.8 Å². The fourth-order valence-corrected chi connectivity index (χ4v) is 4.17. The topological polar surface area (TPSA) is 66.9 Å². The molecule has 4 aliphatic rings. The number of cyclic esters (lactones) is 1. The number of ether oxygens (including phenoxy) is 1. The lowest BCUT2D eigenvalue weighted by molar-refractivity contribution is -0.136. The second-order valence-corrected chi connectivity index (χ2v) is 6.43. The fraction of sp³-hybridized carbons (Fsp3) is 0.667. The van der Waals surface area contributed by atoms with Crippen LogP contribution in [0.15, 0.2) is 12.2 Å². The lowest BCUT2D eigenvalue weighted by Gasteiger charge is -2.25. The minimum Gasteiger partial charge on any atom is -0.439 e. The van der Waals surface area contributed by atoms with Crippen LogP contribution in [0.25, 0.3) is 0 Å². The molecule has 0 radical (unpaired) electrons. The van der Waals surface area contributed by atoms with Gasteiger partial charge in [-0.05, 0) is 31.1 Å². The minimum absolute atomic E-state index is 0.0972. The van der Waals surface area contributed by atoms with Gasteiger partial charge in [0.05, 0.1) is 6.04 Å². The molecule has 3 amide bonds. The van der Waals surface area contributed by atoms with Gasteiger partial charge in [0.25, 0.3) is 5.91 Å². The summed E-state index contributed by atoms with van der Waals surface area (Å²) in [6, 6.07) is -0.217. The number of fused-ring (bicyclic) bond motifs is 2. The minimum atomic E-state index is -0.567. The first-order chi connectivity index (χ1) is 10.1. The van der Waals surface area contributed by atoms with E-state index < -0.39 is 6.09 Å². The molecule has 0 aromatic carbocycles. The van der Waals surface area contributed by atoms with Crippen LogP contribution in [0.2, 0.25) is 0 Å². The molecule has 112 valence electrons. The van der Waals surface area contributed by atoms with Crippen LogP contribution in [0, 0.1) is 17.8 Å². The van der Waals surface area contributed by atoms with Gasteiger partial charge in [-0.3, -0.25) is 9.59 Å². The number of carbonyl (C=O) groups excluding carboxylic acids is 3. The summed E-state index contributed by atoms with van der Waals surface area (Å²) in [5.41, 5.74) is 0. The van der Waals surface area contributed by atoms with Crippen molar-refractivity contribution >= 4 is 17.9 Å². The molecule has 0 spiro atoms. The van der Waals surface area contributed by atoms with Crippen molar-refractivity contribution in [3.05, 3.63) is 12.2 Å². The van der Waals surface area contributed by atoms with Gasteiger partial charge in [-0.2, -0.15) is 0 Å². The fourth-order valence-electron chi connectivity index (χ4n) is 4.17. The lowest BCUT2D eigenvalue weighted by Crippen LogP contribution is -2.43. The van der Waals surface area contributed by atoms with Crippen LogP contribution in [0.4, 0.5) is 4.79 Å². The molecule has 2 aliphatic heterocycles. The van der Waals surface area contributed by atoms with E-state index in [2.05, 4.69) is 12.2 Å². The molecule has 1 saturated carbocycles. The Morgan fingerprint density at radius 2 is 2.10 bits per heavy atom. The van der Waals surface area contributed by atoms with E-state index in [0.29, 0.717) is 31.3 Å². The van der Waals surface area contributed by atoms with Crippen LogP contribution in [0.3, 0.4) is 0 Å². The van der Waals surface area contributed by atoms with Crippen LogP contribution < -0.4 is 0 Å². The molecule has 0 aromatic heterocycles. The van der Waals surface area contributed by atoms with E-state index in [-0.39, 0.29) is 30.4 Å². The number of nitrogens with zero attached hydrogens (tertiary/aromatic N) is 2. The zero-order valence-corrected chi connectivity index (χ0v) is 11.7. The highest BCUT2D eigenvalue weighted by Gasteiger charge is 2.45. The van der Waals surface area contributed by atoms with Crippen molar-refractivity contribution < 1.29 is 19.1 Å². The predicted molar refractivity (Wildman–Crippen MR) is 72.0 cm³/mol. The first kappa shape index (κ1) is 12.9. The van der Waals surface area contributed by atoms with Gasteiger partial charge >= 0.3 is 6.09 Å². The van der Waals surface area contributed by atoms with Gasteiger partial charge in [-0.15, -0.1) is 0 Å². The zero-order chi connectivity index (χ0) is 14.6. The number of imide groups is 1. The van der Waals surface area contributed by atoms with Crippen molar-refractivity contribution in [2.75, 3.05) is 19.7 Å². The molecule has 3 fully saturated rings. The Morgan fingerprint density at radius 1 is 1.24 bits per heavy atom. The second kappa shape index (κ2) is 4.58. The molecule has 2 aliphatic carbocycles. The second-order valence-electron chi connectivity index (χ2n) is 6.43. The maximum atomic E-state index is 12.6. The number of rotatable bonds is 2. The van der Waals surface area contributed by atoms with Gasteiger partial charge in [0.15, 0.2) is 6.61 Å². The summed E-state index contributed by atoms with van der Waals surface area (Å²) in [5.74, 6) is 0.953. The molecule has 2 heterocycles. The van der Waals surface area contributed by atoms with E-state index in [9.17, 15) is 14.4 Å². The largest absolute Gasteiger partial charge is 0.439 e. The summed E-state index contributed by atoms with van der Waals surface area (Å²) in [6.07, 6.45) is 6.54. The van der Waals surface area contributed by atoms with Crippen LogP contribution in [0.5, 0.6) is 0 Å². The predicted octanol–water partition coefficient (Wildman–Crippen LogP) is 0.778. The summed E-state index contributed by atoms with van der Waals surface area (Å²) in [5, 5.41) is 0. The molecular weight excluding hydrogens is 272 g/mol. The Kier molecular flexibility index (Phi) is 2.80. The highest BCUT2D eigenvalue weighted by molar-refractivity contribution is 5.98. The summed E-state index contributed by atoms with van der Waals surface area (Å²) in [7, 11) is 0. The van der Waals surface area contributed by atoms with E-state index in [4.69, 9.17) is 4.74 Å². The van der Waals surface area contributed by atoms with Gasteiger partial charge in [0.2, 0.25) is 5.91 Å². The van der Waals surface area contributed by atoms with Crippen molar-refractivity contribution in [1.29, 1.82) is 0 Å². The van der Waals surface area contributed by atoms with Crippen molar-refractivity contribution in [2.45, 2.75) is 25.3 Å². The maximum Gasteiger partial charge on any atom is 0.417 e. The molecular formula is C15H18N2O4. The average Bonchev–Trinajstić information content (AvgIpc) is 3.22. The third kappa shape index (κ3) is 1.96. The lowest BCUT2D eigenvalue weighted by atomic mass is 9.92. The quantitative estimate of drug-likeness (QED) is 0.705. The molecule has 6 heteroatoms. The normalized spacial score (nSPS) is 37.7. The number of allylic oxidation sites excluding steroid dienone is 2. The third-order valence-corrected chi connectivity index (χ3v) is 5.22. The standard InChI is InChI=1S/C15H18N2O4/c18-13-8-21-15(20)17(13)11-3-4-16(7-11)14(19)12-6-9-1-2-10(12)5-9/h1-2,9-12H,3-8H2/t9-,10-,11+,12-/m0/s1. The summed E-state index contributed by atoms with van der Waals surface area (Å²) < 4.78 is 4.75. The van der Waals surface area contributed by atoms with Crippen LogP contribution in [-0.4, -0.2) is 53.4 Å². The third-order valence-electron chi connectivity index (χ3n) is 5.22. The van der Waals surface area contributed by atoms with E-state index in [1.807, 2.05) is 4.90 Å². The number of hydrogen-bond acceptors (Lipinski definition) is 4. The van der Waals surface area contributed by atoms with Gasteiger partial charge in [-0.25, -0.2) is 9.69 Å². The van der Waals surface area contributed by atoms with Crippen molar-refractivity contribution in [1.82, 2.24) is 9.80 Å². The van der Waals surface area contributed by atoms with Crippen LogP contribution in [-0.2, 0) is 14.3 Å². The van der Waals surface area contributed by atoms with E-state index in [1.165, 1.54) is 4.90 Å². The first-order valence-corrected chi connectivity index (χ1v) is 7.59. The summed E-state index contributed by atoms with van der Waals surface area (Å²) in [6.45, 7) is 0.913. The van der Waals surface area contributed by atoms with Crippen LogP contribution in [0.1, 0.15) is 19.3 Å². The first-order valence-electron chi connectivity index (χ1n) is 7.59. The Labute approximate surface area is 122 Å². The number of hydrogen-bond donors (Lipinski definition) is 0. The van der Waals surface area contributed by atoms with Gasteiger partial charge in [-0.1, -0.05) is 12.2 Å². The Balaban J connectivity index is 1.42. The molecule has 21 heavy (non-hydrogen) atoms. The van der Waals surface area contributed by atoms with Gasteiger partial charge in [0.1, 0.15) is 0 Å².